The molecule has 2 rings (SSSR count). The van der Waals surface area contributed by atoms with E-state index >= 15 is 0 Å². The van der Waals surface area contributed by atoms with Gasteiger partial charge in [0.1, 0.15) is 6.10 Å². The standard InChI is InChI=1S/C17H22N2O3/c1-4-15(20)18-14-6-5-12-7-8-19(10-13(12)9-14)17(22)16(21)11(2)3/h4-6,9,11,16,21H,1,7-8,10H2,2-3H3,(H,18,20)/t16-/m1/s1. The highest BCUT2D eigenvalue weighted by atomic mass is 16.3. The van der Waals surface area contributed by atoms with Gasteiger partial charge >= 0.3 is 0 Å². The van der Waals surface area contributed by atoms with Gasteiger partial charge in [-0.3, -0.25) is 9.59 Å². The molecule has 5 nitrogen and oxygen atoms in total. The molecule has 0 saturated carbocycles. The van der Waals surface area contributed by atoms with Gasteiger partial charge in [0, 0.05) is 18.8 Å². The molecule has 2 amide bonds. The molecule has 118 valence electrons. The summed E-state index contributed by atoms with van der Waals surface area (Å²) in [5.74, 6) is -0.604. The molecule has 2 N–H and O–H groups in total. The van der Waals surface area contributed by atoms with Gasteiger partial charge in [-0.15, -0.1) is 0 Å². The van der Waals surface area contributed by atoms with E-state index in [2.05, 4.69) is 11.9 Å². The summed E-state index contributed by atoms with van der Waals surface area (Å²) >= 11 is 0. The Kier molecular flexibility index (Phi) is 4.98. The first-order chi connectivity index (χ1) is 10.4. The Morgan fingerprint density at radius 3 is 2.73 bits per heavy atom. The summed E-state index contributed by atoms with van der Waals surface area (Å²) in [5, 5.41) is 12.7. The molecule has 0 radical (unpaired) electrons. The monoisotopic (exact) mass is 302 g/mol. The number of fused-ring (bicyclic) bond motifs is 1. The summed E-state index contributed by atoms with van der Waals surface area (Å²) in [6, 6.07) is 5.69. The second kappa shape index (κ2) is 6.75. The summed E-state index contributed by atoms with van der Waals surface area (Å²) in [4.78, 5) is 25.3. The number of hydrogen-bond acceptors (Lipinski definition) is 3. The van der Waals surface area contributed by atoms with Gasteiger partial charge in [0.15, 0.2) is 0 Å². The number of nitrogens with zero attached hydrogens (tertiary/aromatic N) is 1. The Morgan fingerprint density at radius 1 is 1.36 bits per heavy atom. The molecule has 0 aliphatic carbocycles. The smallest absolute Gasteiger partial charge is 0.251 e. The van der Waals surface area contributed by atoms with E-state index in [4.69, 9.17) is 0 Å². The number of carbonyl (C=O) groups excluding carboxylic acids is 2. The Bertz CT molecular complexity index is 596. The van der Waals surface area contributed by atoms with Gasteiger partial charge in [-0.25, -0.2) is 0 Å². The van der Waals surface area contributed by atoms with Crippen LogP contribution < -0.4 is 5.32 Å². The lowest BCUT2D eigenvalue weighted by Crippen LogP contribution is -2.44. The fourth-order valence-corrected chi connectivity index (χ4v) is 2.49. The van der Waals surface area contributed by atoms with Crippen molar-refractivity contribution >= 4 is 17.5 Å². The molecular formula is C17H22N2O3. The molecule has 22 heavy (non-hydrogen) atoms. The molecule has 0 spiro atoms. The molecule has 1 aromatic carbocycles. The van der Waals surface area contributed by atoms with Crippen molar-refractivity contribution in [3.63, 3.8) is 0 Å². The predicted molar refractivity (Wildman–Crippen MR) is 85.2 cm³/mol. The van der Waals surface area contributed by atoms with Gasteiger partial charge in [0.05, 0.1) is 0 Å². The molecule has 0 bridgehead atoms. The molecule has 1 heterocycles. The highest BCUT2D eigenvalue weighted by molar-refractivity contribution is 5.98. The molecule has 0 fully saturated rings. The number of hydrogen-bond donors (Lipinski definition) is 2. The third-order valence-electron chi connectivity index (χ3n) is 3.87. The largest absolute Gasteiger partial charge is 0.383 e. The minimum atomic E-state index is -0.967. The predicted octanol–water partition coefficient (Wildman–Crippen LogP) is 1.71. The average molecular weight is 302 g/mol. The van der Waals surface area contributed by atoms with Gasteiger partial charge in [-0.05, 0) is 41.7 Å². The second-order valence-electron chi connectivity index (χ2n) is 5.88. The van der Waals surface area contributed by atoms with E-state index in [1.807, 2.05) is 32.0 Å². The summed E-state index contributed by atoms with van der Waals surface area (Å²) in [6.45, 7) is 8.13. The molecule has 1 aliphatic heterocycles. The van der Waals surface area contributed by atoms with E-state index in [-0.39, 0.29) is 17.7 Å². The van der Waals surface area contributed by atoms with Crippen LogP contribution in [0.1, 0.15) is 25.0 Å². The first kappa shape index (κ1) is 16.2. The molecule has 1 aliphatic rings. The van der Waals surface area contributed by atoms with Crippen LogP contribution in [0.4, 0.5) is 5.69 Å². The zero-order valence-corrected chi connectivity index (χ0v) is 13.0. The molecule has 0 saturated heterocycles. The van der Waals surface area contributed by atoms with E-state index in [1.165, 1.54) is 11.6 Å². The number of carbonyl (C=O) groups is 2. The highest BCUT2D eigenvalue weighted by Gasteiger charge is 2.27. The quantitative estimate of drug-likeness (QED) is 0.832. The lowest BCUT2D eigenvalue weighted by atomic mass is 9.97. The maximum absolute atomic E-state index is 12.3. The van der Waals surface area contributed by atoms with Crippen LogP contribution in [0, 0.1) is 5.92 Å². The number of aliphatic hydroxyl groups is 1. The first-order valence-electron chi connectivity index (χ1n) is 7.44. The van der Waals surface area contributed by atoms with E-state index < -0.39 is 6.10 Å². The van der Waals surface area contributed by atoms with E-state index in [1.54, 1.807) is 4.90 Å². The van der Waals surface area contributed by atoms with Crippen LogP contribution in [-0.4, -0.2) is 34.5 Å². The molecule has 0 aromatic heterocycles. The van der Waals surface area contributed by atoms with Crippen LogP contribution in [0.15, 0.2) is 30.9 Å². The topological polar surface area (TPSA) is 69.6 Å². The molecule has 5 heteroatoms. The zero-order chi connectivity index (χ0) is 16.3. The van der Waals surface area contributed by atoms with E-state index in [9.17, 15) is 14.7 Å². The van der Waals surface area contributed by atoms with Crippen LogP contribution in [0.2, 0.25) is 0 Å². The van der Waals surface area contributed by atoms with Crippen molar-refractivity contribution in [1.29, 1.82) is 0 Å². The van der Waals surface area contributed by atoms with Crippen LogP contribution in [0.5, 0.6) is 0 Å². The Hall–Kier alpha value is -2.14. The third kappa shape index (κ3) is 3.54. The van der Waals surface area contributed by atoms with E-state index in [0.29, 0.717) is 18.8 Å². The number of aliphatic hydroxyl groups excluding tert-OH is 1. The molecule has 1 aromatic rings. The summed E-state index contributed by atoms with van der Waals surface area (Å²) in [7, 11) is 0. The SMILES string of the molecule is C=CC(=O)Nc1ccc2c(c1)CN(C(=O)[C@H](O)C(C)C)CC2. The van der Waals surface area contributed by atoms with Crippen LogP contribution in [0.3, 0.4) is 0 Å². The first-order valence-corrected chi connectivity index (χ1v) is 7.44. The summed E-state index contributed by atoms with van der Waals surface area (Å²) in [6.07, 6.45) is 1.00. The number of benzene rings is 1. The number of anilines is 1. The highest BCUT2D eigenvalue weighted by Crippen LogP contribution is 2.23. The Balaban J connectivity index is 2.14. The molecular weight excluding hydrogens is 280 g/mol. The maximum atomic E-state index is 12.3. The van der Waals surface area contributed by atoms with E-state index in [0.717, 1.165) is 12.0 Å². The Morgan fingerprint density at radius 2 is 2.09 bits per heavy atom. The van der Waals surface area contributed by atoms with Gasteiger partial charge in [-0.2, -0.15) is 0 Å². The lowest BCUT2D eigenvalue weighted by Gasteiger charge is -2.31. The van der Waals surface area contributed by atoms with Crippen molar-refractivity contribution in [2.24, 2.45) is 5.92 Å². The Labute approximate surface area is 130 Å². The van der Waals surface area contributed by atoms with Gasteiger partial charge in [-0.1, -0.05) is 26.5 Å². The lowest BCUT2D eigenvalue weighted by molar-refractivity contribution is -0.143. The summed E-state index contributed by atoms with van der Waals surface area (Å²) in [5.41, 5.74) is 2.85. The fourth-order valence-electron chi connectivity index (χ4n) is 2.49. The number of nitrogens with one attached hydrogen (secondary N) is 1. The molecule has 1 atom stereocenters. The minimum absolute atomic E-state index is 0.105. The second-order valence-corrected chi connectivity index (χ2v) is 5.88. The van der Waals surface area contributed by atoms with Gasteiger partial charge in [0.2, 0.25) is 5.91 Å². The van der Waals surface area contributed by atoms with Crippen LogP contribution in [0.25, 0.3) is 0 Å². The average Bonchev–Trinajstić information content (AvgIpc) is 2.52. The minimum Gasteiger partial charge on any atom is -0.383 e. The van der Waals surface area contributed by atoms with Crippen molar-refractivity contribution in [3.8, 4) is 0 Å². The number of rotatable bonds is 4. The van der Waals surface area contributed by atoms with Crippen LogP contribution >= 0.6 is 0 Å². The van der Waals surface area contributed by atoms with Gasteiger partial charge in [0.25, 0.3) is 5.91 Å². The maximum Gasteiger partial charge on any atom is 0.251 e. The van der Waals surface area contributed by atoms with Gasteiger partial charge < -0.3 is 15.3 Å². The van der Waals surface area contributed by atoms with Crippen molar-refractivity contribution < 1.29 is 14.7 Å². The van der Waals surface area contributed by atoms with Crippen molar-refractivity contribution in [2.45, 2.75) is 32.9 Å². The number of amides is 2. The zero-order valence-electron chi connectivity index (χ0n) is 13.0. The molecule has 0 unspecified atom stereocenters. The van der Waals surface area contributed by atoms with Crippen molar-refractivity contribution in [3.05, 3.63) is 42.0 Å². The fraction of sp³-hybridized carbons (Fsp3) is 0.412. The normalized spacial score (nSPS) is 15.2. The third-order valence-corrected chi connectivity index (χ3v) is 3.87. The van der Waals surface area contributed by atoms with Crippen LogP contribution in [-0.2, 0) is 22.6 Å². The van der Waals surface area contributed by atoms with Crippen molar-refractivity contribution in [1.82, 2.24) is 4.90 Å². The summed E-state index contributed by atoms with van der Waals surface area (Å²) < 4.78 is 0. The van der Waals surface area contributed by atoms with Crippen molar-refractivity contribution in [2.75, 3.05) is 11.9 Å².